The van der Waals surface area contributed by atoms with Crippen molar-refractivity contribution in [3.63, 3.8) is 0 Å². The van der Waals surface area contributed by atoms with Gasteiger partial charge in [0.2, 0.25) is 0 Å². The van der Waals surface area contributed by atoms with Crippen LogP contribution in [0.1, 0.15) is 0 Å². The van der Waals surface area contributed by atoms with Crippen LogP contribution in [0.15, 0.2) is 15.5 Å². The predicted molar refractivity (Wildman–Crippen MR) is 72.1 cm³/mol. The summed E-state index contributed by atoms with van der Waals surface area (Å²) in [7, 11) is 3.97. The summed E-state index contributed by atoms with van der Waals surface area (Å²) < 4.78 is 1.70. The lowest BCUT2D eigenvalue weighted by molar-refractivity contribution is 0.425. The van der Waals surface area contributed by atoms with Crippen molar-refractivity contribution >= 4 is 21.6 Å². The molecule has 92 valence electrons. The van der Waals surface area contributed by atoms with E-state index < -0.39 is 0 Å². The second-order valence-electron chi connectivity index (χ2n) is 3.77. The molecule has 0 unspecified atom stereocenters. The van der Waals surface area contributed by atoms with Crippen molar-refractivity contribution in [1.82, 2.24) is 14.7 Å². The Morgan fingerprint density at radius 3 is 2.94 bits per heavy atom. The maximum atomic E-state index is 11.8. The lowest BCUT2D eigenvalue weighted by atomic mass is 10.4. The topological polar surface area (TPSA) is 50.2 Å². The van der Waals surface area contributed by atoms with Gasteiger partial charge in [0, 0.05) is 13.1 Å². The van der Waals surface area contributed by atoms with E-state index in [4.69, 9.17) is 6.42 Å². The third kappa shape index (κ3) is 3.88. The van der Waals surface area contributed by atoms with Crippen LogP contribution in [-0.2, 0) is 6.54 Å². The van der Waals surface area contributed by atoms with E-state index in [1.807, 2.05) is 19.0 Å². The van der Waals surface area contributed by atoms with E-state index in [9.17, 15) is 4.79 Å². The Morgan fingerprint density at radius 1 is 1.65 bits per heavy atom. The highest BCUT2D eigenvalue weighted by Gasteiger charge is 2.07. The van der Waals surface area contributed by atoms with E-state index in [0.717, 1.165) is 13.1 Å². The normalized spacial score (nSPS) is 10.3. The molecular formula is C11H15BrN4O. The van der Waals surface area contributed by atoms with Crippen molar-refractivity contribution in [2.75, 3.05) is 32.5 Å². The van der Waals surface area contributed by atoms with Gasteiger partial charge in [0.15, 0.2) is 0 Å². The van der Waals surface area contributed by atoms with Gasteiger partial charge in [-0.05, 0) is 30.0 Å². The molecule has 0 aliphatic rings. The second-order valence-corrected chi connectivity index (χ2v) is 4.56. The number of terminal acetylenes is 1. The first-order valence-electron chi connectivity index (χ1n) is 5.14. The summed E-state index contributed by atoms with van der Waals surface area (Å²) in [4.78, 5) is 13.8. The van der Waals surface area contributed by atoms with Crippen LogP contribution in [0.5, 0.6) is 0 Å². The Balaban J connectivity index is 2.79. The number of likely N-dealkylation sites (N-methyl/N-ethyl adjacent to an activating group) is 1. The van der Waals surface area contributed by atoms with E-state index in [2.05, 4.69) is 32.3 Å². The van der Waals surface area contributed by atoms with Gasteiger partial charge < -0.3 is 10.2 Å². The Bertz CT molecular complexity index is 475. The first-order chi connectivity index (χ1) is 8.06. The molecule has 0 amide bonds. The third-order valence-electron chi connectivity index (χ3n) is 2.10. The molecule has 1 aromatic rings. The Kier molecular flexibility index (Phi) is 5.19. The lowest BCUT2D eigenvalue weighted by Gasteiger charge is -2.12. The van der Waals surface area contributed by atoms with Crippen molar-refractivity contribution in [3.8, 4) is 12.3 Å². The fourth-order valence-electron chi connectivity index (χ4n) is 1.20. The largest absolute Gasteiger partial charge is 0.381 e. The zero-order valence-electron chi connectivity index (χ0n) is 9.90. The summed E-state index contributed by atoms with van der Waals surface area (Å²) in [5.41, 5.74) is 0.461. The maximum Gasteiger partial charge on any atom is 0.284 e. The minimum atomic E-state index is -0.224. The molecule has 1 rings (SSSR count). The molecule has 0 radical (unpaired) electrons. The van der Waals surface area contributed by atoms with Gasteiger partial charge in [-0.2, -0.15) is 5.10 Å². The molecule has 0 aliphatic heterocycles. The SMILES string of the molecule is C#CCn1ncc(NCCN(C)C)c(Br)c1=O. The lowest BCUT2D eigenvalue weighted by Crippen LogP contribution is -2.26. The van der Waals surface area contributed by atoms with Crippen LogP contribution in [0.25, 0.3) is 0 Å². The number of aromatic nitrogens is 2. The summed E-state index contributed by atoms with van der Waals surface area (Å²) in [5, 5.41) is 7.12. The van der Waals surface area contributed by atoms with Gasteiger partial charge in [0.05, 0.1) is 11.9 Å². The summed E-state index contributed by atoms with van der Waals surface area (Å²) >= 11 is 3.25. The maximum absolute atomic E-state index is 11.8. The van der Waals surface area contributed by atoms with Gasteiger partial charge in [-0.1, -0.05) is 5.92 Å². The number of hydrogen-bond donors (Lipinski definition) is 1. The zero-order chi connectivity index (χ0) is 12.8. The second kappa shape index (κ2) is 6.42. The van der Waals surface area contributed by atoms with Crippen LogP contribution in [0.4, 0.5) is 5.69 Å². The van der Waals surface area contributed by atoms with E-state index in [1.54, 1.807) is 6.20 Å². The van der Waals surface area contributed by atoms with Crippen LogP contribution in [0.2, 0.25) is 0 Å². The minimum Gasteiger partial charge on any atom is -0.381 e. The van der Waals surface area contributed by atoms with Crippen molar-refractivity contribution < 1.29 is 0 Å². The number of hydrogen-bond acceptors (Lipinski definition) is 4. The average molecular weight is 299 g/mol. The standard InChI is InChI=1S/C11H15BrN4O/c1-4-6-16-11(17)10(12)9(8-14-16)13-5-7-15(2)3/h1,8,13H,5-7H2,2-3H3. The van der Waals surface area contributed by atoms with Crippen LogP contribution in [-0.4, -0.2) is 41.9 Å². The number of anilines is 1. The first-order valence-corrected chi connectivity index (χ1v) is 5.93. The summed E-state index contributed by atoms with van der Waals surface area (Å²) in [5.74, 6) is 2.38. The van der Waals surface area contributed by atoms with E-state index in [-0.39, 0.29) is 12.1 Å². The molecular weight excluding hydrogens is 284 g/mol. The first kappa shape index (κ1) is 13.7. The summed E-state index contributed by atoms with van der Waals surface area (Å²) in [6.45, 7) is 1.79. The van der Waals surface area contributed by atoms with Gasteiger partial charge in [-0.15, -0.1) is 6.42 Å². The Hall–Kier alpha value is -1.32. The van der Waals surface area contributed by atoms with E-state index in [0.29, 0.717) is 10.2 Å². The quantitative estimate of drug-likeness (QED) is 0.810. The molecule has 0 aromatic carbocycles. The highest BCUT2D eigenvalue weighted by Crippen LogP contribution is 2.15. The van der Waals surface area contributed by atoms with Gasteiger partial charge in [0.1, 0.15) is 11.0 Å². The number of rotatable bonds is 5. The van der Waals surface area contributed by atoms with E-state index in [1.165, 1.54) is 4.68 Å². The molecule has 0 saturated carbocycles. The molecule has 0 spiro atoms. The van der Waals surface area contributed by atoms with Crippen molar-refractivity contribution in [2.24, 2.45) is 0 Å². The van der Waals surface area contributed by atoms with Crippen molar-refractivity contribution in [3.05, 3.63) is 21.0 Å². The predicted octanol–water partition coefficient (Wildman–Crippen LogP) is 0.613. The fourth-order valence-corrected chi connectivity index (χ4v) is 1.65. The van der Waals surface area contributed by atoms with Crippen LogP contribution >= 0.6 is 15.9 Å². The molecule has 1 N–H and O–H groups in total. The van der Waals surface area contributed by atoms with Gasteiger partial charge in [-0.3, -0.25) is 4.79 Å². The summed E-state index contributed by atoms with van der Waals surface area (Å²) in [6.07, 6.45) is 6.74. The number of nitrogens with one attached hydrogen (secondary N) is 1. The minimum absolute atomic E-state index is 0.176. The number of halogens is 1. The Labute approximate surface area is 109 Å². The zero-order valence-corrected chi connectivity index (χ0v) is 11.5. The van der Waals surface area contributed by atoms with Crippen molar-refractivity contribution in [2.45, 2.75) is 6.54 Å². The Morgan fingerprint density at radius 2 is 2.35 bits per heavy atom. The highest BCUT2D eigenvalue weighted by molar-refractivity contribution is 9.10. The third-order valence-corrected chi connectivity index (χ3v) is 2.87. The molecule has 0 bridgehead atoms. The molecule has 0 atom stereocenters. The van der Waals surface area contributed by atoms with Gasteiger partial charge in [-0.25, -0.2) is 4.68 Å². The molecule has 0 fully saturated rings. The average Bonchev–Trinajstić information content (AvgIpc) is 2.28. The van der Waals surface area contributed by atoms with Crippen LogP contribution in [0, 0.1) is 12.3 Å². The number of nitrogens with zero attached hydrogens (tertiary/aromatic N) is 3. The monoisotopic (exact) mass is 298 g/mol. The molecule has 5 nitrogen and oxygen atoms in total. The van der Waals surface area contributed by atoms with Crippen LogP contribution in [0.3, 0.4) is 0 Å². The smallest absolute Gasteiger partial charge is 0.284 e. The molecule has 0 saturated heterocycles. The van der Waals surface area contributed by atoms with Crippen molar-refractivity contribution in [1.29, 1.82) is 0 Å². The highest BCUT2D eigenvalue weighted by atomic mass is 79.9. The molecule has 1 heterocycles. The van der Waals surface area contributed by atoms with E-state index >= 15 is 0 Å². The molecule has 17 heavy (non-hydrogen) atoms. The van der Waals surface area contributed by atoms with Gasteiger partial charge >= 0.3 is 0 Å². The summed E-state index contributed by atoms with van der Waals surface area (Å²) in [6, 6.07) is 0. The molecule has 0 aliphatic carbocycles. The molecule has 6 heteroatoms. The fraction of sp³-hybridized carbons (Fsp3) is 0.455. The molecule has 1 aromatic heterocycles. The van der Waals surface area contributed by atoms with Gasteiger partial charge in [0.25, 0.3) is 5.56 Å². The van der Waals surface area contributed by atoms with Crippen LogP contribution < -0.4 is 10.9 Å².